The van der Waals surface area contributed by atoms with E-state index in [0.717, 1.165) is 23.0 Å². The first-order chi connectivity index (χ1) is 11.7. The summed E-state index contributed by atoms with van der Waals surface area (Å²) in [4.78, 5) is 18.8. The fourth-order valence-corrected chi connectivity index (χ4v) is 3.25. The first-order valence-electron chi connectivity index (χ1n) is 8.82. The quantitative estimate of drug-likeness (QED) is 0.738. The Hall–Kier alpha value is -2.36. The Bertz CT molecular complexity index is 833. The molecule has 4 nitrogen and oxygen atoms in total. The Morgan fingerprint density at radius 1 is 1.24 bits per heavy atom. The molecule has 2 aromatic rings. The number of ether oxygens (including phenoxy) is 1. The minimum atomic E-state index is -0.472. The average Bonchev–Trinajstić information content (AvgIpc) is 2.52. The van der Waals surface area contributed by atoms with E-state index in [2.05, 4.69) is 29.3 Å². The van der Waals surface area contributed by atoms with Gasteiger partial charge in [-0.15, -0.1) is 0 Å². The van der Waals surface area contributed by atoms with Gasteiger partial charge >= 0.3 is 6.09 Å². The van der Waals surface area contributed by atoms with Crippen LogP contribution >= 0.6 is 0 Å². The fourth-order valence-electron chi connectivity index (χ4n) is 3.25. The first kappa shape index (κ1) is 17.5. The van der Waals surface area contributed by atoms with E-state index in [9.17, 15) is 4.79 Å². The molecule has 1 atom stereocenters. The van der Waals surface area contributed by atoms with Crippen LogP contribution in [0.2, 0.25) is 0 Å². The van der Waals surface area contributed by atoms with Gasteiger partial charge in [0.05, 0.1) is 11.6 Å². The van der Waals surface area contributed by atoms with E-state index in [0.29, 0.717) is 6.54 Å². The summed E-state index contributed by atoms with van der Waals surface area (Å²) < 4.78 is 5.52. The van der Waals surface area contributed by atoms with Crippen LogP contribution < -0.4 is 0 Å². The summed E-state index contributed by atoms with van der Waals surface area (Å²) in [6.45, 7) is 10.4. The molecular weight excluding hydrogens is 312 g/mol. The van der Waals surface area contributed by atoms with Crippen molar-refractivity contribution in [3.05, 3.63) is 47.7 Å². The molecule has 0 aliphatic carbocycles. The van der Waals surface area contributed by atoms with Crippen molar-refractivity contribution < 1.29 is 9.53 Å². The van der Waals surface area contributed by atoms with Crippen molar-refractivity contribution in [3.8, 4) is 0 Å². The Kier molecular flexibility index (Phi) is 4.55. The molecule has 1 aromatic carbocycles. The molecular formula is C21H26N2O2. The van der Waals surface area contributed by atoms with Gasteiger partial charge in [0.2, 0.25) is 0 Å². The van der Waals surface area contributed by atoms with E-state index in [1.165, 1.54) is 11.1 Å². The van der Waals surface area contributed by atoms with E-state index in [4.69, 9.17) is 4.74 Å². The monoisotopic (exact) mass is 338 g/mol. The first-order valence-corrected chi connectivity index (χ1v) is 8.82. The lowest BCUT2D eigenvalue weighted by molar-refractivity contribution is 0.0209. The van der Waals surface area contributed by atoms with Gasteiger partial charge in [-0.2, -0.15) is 0 Å². The van der Waals surface area contributed by atoms with E-state index in [-0.39, 0.29) is 12.1 Å². The second-order valence-corrected chi connectivity index (χ2v) is 7.68. The molecule has 25 heavy (non-hydrogen) atoms. The predicted octanol–water partition coefficient (Wildman–Crippen LogP) is 4.96. The maximum atomic E-state index is 12.4. The lowest BCUT2D eigenvalue weighted by Crippen LogP contribution is -2.43. The zero-order valence-electron chi connectivity index (χ0n) is 15.7. The number of pyridine rings is 1. The SMILES string of the molecule is Cc1ccc2c(C3=CC(C)N(C(=O)OC(C)(C)C)CC3)cccc2n1. The highest BCUT2D eigenvalue weighted by molar-refractivity contribution is 5.92. The molecule has 0 N–H and O–H groups in total. The maximum absolute atomic E-state index is 12.4. The normalized spacial score (nSPS) is 18.2. The zero-order chi connectivity index (χ0) is 18.2. The molecule has 4 heteroatoms. The summed E-state index contributed by atoms with van der Waals surface area (Å²) in [6, 6.07) is 10.4. The van der Waals surface area contributed by atoms with Crippen LogP contribution in [-0.2, 0) is 4.74 Å². The third-order valence-electron chi connectivity index (χ3n) is 4.40. The smallest absolute Gasteiger partial charge is 0.410 e. The summed E-state index contributed by atoms with van der Waals surface area (Å²) >= 11 is 0. The van der Waals surface area contributed by atoms with Crippen molar-refractivity contribution in [2.45, 2.75) is 52.7 Å². The number of fused-ring (bicyclic) bond motifs is 1. The van der Waals surface area contributed by atoms with Crippen LogP contribution in [0.5, 0.6) is 0 Å². The Morgan fingerprint density at radius 3 is 2.68 bits per heavy atom. The number of hydrogen-bond donors (Lipinski definition) is 0. The molecule has 1 aliphatic rings. The average molecular weight is 338 g/mol. The van der Waals surface area contributed by atoms with Crippen LogP contribution in [0.25, 0.3) is 16.5 Å². The highest BCUT2D eigenvalue weighted by Crippen LogP contribution is 2.31. The van der Waals surface area contributed by atoms with Gasteiger partial charge in [-0.05, 0) is 64.3 Å². The molecule has 0 bridgehead atoms. The number of hydrogen-bond acceptors (Lipinski definition) is 3. The highest BCUT2D eigenvalue weighted by atomic mass is 16.6. The van der Waals surface area contributed by atoms with Crippen LogP contribution in [0, 0.1) is 6.92 Å². The number of carbonyl (C=O) groups excluding carboxylic acids is 1. The lowest BCUT2D eigenvalue weighted by atomic mass is 9.93. The molecule has 1 aliphatic heterocycles. The van der Waals surface area contributed by atoms with Gasteiger partial charge in [-0.25, -0.2) is 4.79 Å². The summed E-state index contributed by atoms with van der Waals surface area (Å²) in [6.07, 6.45) is 2.74. The van der Waals surface area contributed by atoms with Gasteiger partial charge in [0.15, 0.2) is 0 Å². The number of carbonyl (C=O) groups is 1. The highest BCUT2D eigenvalue weighted by Gasteiger charge is 2.28. The summed E-state index contributed by atoms with van der Waals surface area (Å²) in [5.74, 6) is 0. The van der Waals surface area contributed by atoms with Crippen LogP contribution in [0.3, 0.4) is 0 Å². The largest absolute Gasteiger partial charge is 0.444 e. The summed E-state index contributed by atoms with van der Waals surface area (Å²) in [5.41, 5.74) is 4.04. The molecule has 3 rings (SSSR count). The predicted molar refractivity (Wildman–Crippen MR) is 101 cm³/mol. The van der Waals surface area contributed by atoms with Gasteiger partial charge in [-0.3, -0.25) is 4.98 Å². The molecule has 1 amide bonds. The minimum absolute atomic E-state index is 0.00673. The number of benzene rings is 1. The topological polar surface area (TPSA) is 42.4 Å². The Balaban J connectivity index is 1.89. The van der Waals surface area contributed by atoms with E-state index >= 15 is 0 Å². The molecule has 0 spiro atoms. The van der Waals surface area contributed by atoms with E-state index in [1.54, 1.807) is 4.90 Å². The van der Waals surface area contributed by atoms with Crippen molar-refractivity contribution in [3.63, 3.8) is 0 Å². The summed E-state index contributed by atoms with van der Waals surface area (Å²) in [7, 11) is 0. The van der Waals surface area contributed by atoms with Crippen molar-refractivity contribution in [2.24, 2.45) is 0 Å². The Labute approximate surface area is 149 Å². The molecule has 1 aromatic heterocycles. The third-order valence-corrected chi connectivity index (χ3v) is 4.40. The third kappa shape index (κ3) is 3.84. The fraction of sp³-hybridized carbons (Fsp3) is 0.429. The molecule has 0 fully saturated rings. The van der Waals surface area contributed by atoms with Gasteiger partial charge in [0, 0.05) is 17.6 Å². The number of rotatable bonds is 1. The standard InChI is InChI=1S/C21H26N2O2/c1-14-9-10-18-17(7-6-8-19(18)22-14)16-11-12-23(15(2)13-16)20(24)25-21(3,4)5/h6-10,13,15H,11-12H2,1-5H3. The summed E-state index contributed by atoms with van der Waals surface area (Å²) in [5, 5.41) is 1.16. The lowest BCUT2D eigenvalue weighted by Gasteiger charge is -2.34. The van der Waals surface area contributed by atoms with E-state index < -0.39 is 5.60 Å². The van der Waals surface area contributed by atoms with Crippen LogP contribution in [0.1, 0.15) is 45.4 Å². The van der Waals surface area contributed by atoms with Gasteiger partial charge < -0.3 is 9.64 Å². The molecule has 2 heterocycles. The molecule has 0 radical (unpaired) electrons. The van der Waals surface area contributed by atoms with E-state index in [1.807, 2.05) is 46.8 Å². The zero-order valence-corrected chi connectivity index (χ0v) is 15.7. The molecule has 132 valence electrons. The van der Waals surface area contributed by atoms with Crippen molar-refractivity contribution in [2.75, 3.05) is 6.54 Å². The van der Waals surface area contributed by atoms with Crippen molar-refractivity contribution in [1.82, 2.24) is 9.88 Å². The second kappa shape index (κ2) is 6.51. The second-order valence-electron chi connectivity index (χ2n) is 7.68. The van der Waals surface area contributed by atoms with Crippen molar-refractivity contribution >= 4 is 22.6 Å². The number of nitrogens with zero attached hydrogens (tertiary/aromatic N) is 2. The van der Waals surface area contributed by atoms with Gasteiger partial charge in [0.25, 0.3) is 0 Å². The van der Waals surface area contributed by atoms with Crippen LogP contribution in [0.15, 0.2) is 36.4 Å². The Morgan fingerprint density at radius 2 is 2.00 bits per heavy atom. The molecule has 0 saturated heterocycles. The van der Waals surface area contributed by atoms with Crippen LogP contribution in [0.4, 0.5) is 4.79 Å². The number of aromatic nitrogens is 1. The van der Waals surface area contributed by atoms with Gasteiger partial charge in [0.1, 0.15) is 5.60 Å². The number of amides is 1. The molecule has 0 saturated carbocycles. The van der Waals surface area contributed by atoms with Crippen LogP contribution in [-0.4, -0.2) is 34.2 Å². The minimum Gasteiger partial charge on any atom is -0.444 e. The maximum Gasteiger partial charge on any atom is 0.410 e. The van der Waals surface area contributed by atoms with Gasteiger partial charge in [-0.1, -0.05) is 24.3 Å². The molecule has 1 unspecified atom stereocenters. The van der Waals surface area contributed by atoms with Crippen molar-refractivity contribution in [1.29, 1.82) is 0 Å². The number of aryl methyl sites for hydroxylation is 1.